The maximum Gasteiger partial charge on any atom is 0.412 e. The number of anilines is 3. The van der Waals surface area contributed by atoms with Gasteiger partial charge in [0.1, 0.15) is 70.5 Å². The number of aryl methyl sites for hydroxylation is 1. The van der Waals surface area contributed by atoms with E-state index in [2.05, 4.69) is 79.4 Å². The fourth-order valence-corrected chi connectivity index (χ4v) is 14.8. The third kappa shape index (κ3) is 29.7. The Morgan fingerprint density at radius 2 is 1.32 bits per heavy atom. The highest BCUT2D eigenvalue weighted by molar-refractivity contribution is 6.02. The first kappa shape index (κ1) is 106. The molecule has 2 fully saturated rings. The number of aromatic hydroxyl groups is 2. The van der Waals surface area contributed by atoms with Gasteiger partial charge in [-0.1, -0.05) is 0 Å². The fourth-order valence-electron chi connectivity index (χ4n) is 14.8. The van der Waals surface area contributed by atoms with Gasteiger partial charge in [-0.2, -0.15) is 0 Å². The zero-order chi connectivity index (χ0) is 99.2. The average Bonchev–Trinajstić information content (AvgIpc) is 0.759. The van der Waals surface area contributed by atoms with Gasteiger partial charge in [-0.05, 0) is 109 Å². The van der Waals surface area contributed by atoms with Crippen molar-refractivity contribution in [2.75, 3.05) is 108 Å². The van der Waals surface area contributed by atoms with Crippen molar-refractivity contribution >= 4 is 158 Å². The van der Waals surface area contributed by atoms with Crippen LogP contribution in [0.3, 0.4) is 0 Å². The highest BCUT2D eigenvalue weighted by atomic mass is 19.1. The van der Waals surface area contributed by atoms with Crippen LogP contribution in [-0.2, 0) is 88.4 Å². The number of phenolic OH excluding ortho intramolecular Hbond substituents is 2. The quantitative estimate of drug-likeness (QED) is 0.00147. The van der Waals surface area contributed by atoms with Crippen molar-refractivity contribution < 1.29 is 146 Å². The van der Waals surface area contributed by atoms with Gasteiger partial charge in [0.2, 0.25) is 84.6 Å². The number of aliphatic hydroxyl groups excluding tert-OH is 4. The summed E-state index contributed by atoms with van der Waals surface area (Å²) < 4.78 is 28.3. The number of phenols is 2. The largest absolute Gasteiger partial charge is 0.545 e. The van der Waals surface area contributed by atoms with E-state index in [1.165, 1.54) is 46.2 Å². The van der Waals surface area contributed by atoms with Gasteiger partial charge in [-0.15, -0.1) is 0 Å². The number of ether oxygens (including phenoxy) is 2. The van der Waals surface area contributed by atoms with E-state index in [1.54, 1.807) is 4.90 Å². The molecule has 52 nitrogen and oxygen atoms in total. The number of hydrogen-bond donors (Lipinski definition) is 24. The smallest absolute Gasteiger partial charge is 0.412 e. The van der Waals surface area contributed by atoms with Crippen molar-refractivity contribution in [1.29, 1.82) is 5.41 Å². The molecule has 135 heavy (non-hydrogen) atoms. The molecule has 53 heteroatoms. The highest BCUT2D eigenvalue weighted by Crippen LogP contribution is 2.36. The summed E-state index contributed by atoms with van der Waals surface area (Å²) in [6.45, 7) is -0.752. The molecule has 0 spiro atoms. The molecule has 2 saturated heterocycles. The van der Waals surface area contributed by atoms with Crippen LogP contribution in [0, 0.1) is 11.2 Å². The summed E-state index contributed by atoms with van der Waals surface area (Å²) >= 11 is 0. The Hall–Kier alpha value is -14.6. The minimum absolute atomic E-state index is 0.00894. The molecular formula is C82H112FN23O29. The van der Waals surface area contributed by atoms with Crippen molar-refractivity contribution in [3.8, 4) is 11.5 Å². The van der Waals surface area contributed by atoms with E-state index in [-0.39, 0.29) is 191 Å². The summed E-state index contributed by atoms with van der Waals surface area (Å²) in [6.07, 6.45) is -6.74. The molecule has 0 radical (unpaired) electrons. The van der Waals surface area contributed by atoms with E-state index in [1.807, 2.05) is 0 Å². The normalized spacial score (nSPS) is 18.1. The van der Waals surface area contributed by atoms with Crippen LogP contribution in [0.4, 0.5) is 26.4 Å². The van der Waals surface area contributed by atoms with E-state index in [4.69, 9.17) is 20.6 Å². The second-order valence-electron chi connectivity index (χ2n) is 32.3. The minimum Gasteiger partial charge on any atom is -0.545 e. The maximum absolute atomic E-state index is 15.5. The molecule has 25 N–H and O–H groups in total. The predicted octanol–water partition coefficient (Wildman–Crippen LogP) is -8.18. The van der Waals surface area contributed by atoms with Crippen molar-refractivity contribution in [2.24, 2.45) is 12.8 Å². The third-order valence-electron chi connectivity index (χ3n) is 22.1. The Kier molecular flexibility index (Phi) is 39.0. The lowest BCUT2D eigenvalue weighted by Crippen LogP contribution is -2.65. The number of nitrogens with two attached hydrogens (primary N) is 1. The first-order chi connectivity index (χ1) is 64.1. The van der Waals surface area contributed by atoms with Crippen LogP contribution >= 0.6 is 0 Å². The Balaban J connectivity index is 0.850. The number of carboxylic acids is 1. The lowest BCUT2D eigenvalue weighted by atomic mass is 9.92. The summed E-state index contributed by atoms with van der Waals surface area (Å²) in [7, 11) is 1.49. The lowest BCUT2D eigenvalue weighted by molar-refractivity contribution is -0.674. The monoisotopic (exact) mass is 1900 g/mol. The number of amides is 15. The summed E-state index contributed by atoms with van der Waals surface area (Å²) in [4.78, 5) is 247. The number of aliphatic hydroxyl groups is 4. The molecule has 6 heterocycles. The number of piperazine rings is 1. The molecular weight excluding hydrogens is 1790 g/mol. The van der Waals surface area contributed by atoms with E-state index in [0.29, 0.717) is 5.52 Å². The SMILES string of the molecule is CC(O)[C@@H]1NC(=O)[C@H](CCCN(O)C=O)NC(=O)[C@@H](NC(=O)[C@](C)(CCCN(O)C=O)NC(=O)[C@@H](CO)NC(=O)[C@H](CCCNC(=N)N)NC(=O)[C@@H](CO)NC(=O)[C@@H]2CCNc3c(NC(=O)CCC(=O)NCCNC(=O)CCC(=O)OCOC(=O)N4CCN(c5cc6nc7c(cc6cc5F)c(=O)c(C(=O)[O-])cn7C)CC4)cc4cc(O)c(O)cc4[n+]32)CCCCNC(=O)[C@H](C(C)O)NC1=O. The number of carbonyl (C=O) groups excluding carboxylic acids is 17. The number of hydroxylamine groups is 4. The van der Waals surface area contributed by atoms with Gasteiger partial charge >= 0.3 is 12.1 Å². The van der Waals surface area contributed by atoms with E-state index in [9.17, 15) is 132 Å². The number of guanidine groups is 1. The van der Waals surface area contributed by atoms with Crippen LogP contribution in [0.25, 0.3) is 32.8 Å². The van der Waals surface area contributed by atoms with Crippen LogP contribution in [0.2, 0.25) is 0 Å². The molecule has 2 unspecified atom stereocenters. The molecule has 11 atom stereocenters. The molecule has 3 aromatic heterocycles. The molecule has 5 aromatic rings. The number of esters is 1. The van der Waals surface area contributed by atoms with Crippen molar-refractivity contribution in [3.63, 3.8) is 0 Å². The molecule has 0 bridgehead atoms. The molecule has 15 amide bonds. The standard InChI is InChI=1S/C82H112FN23O29/c1-42(111)65-76(126)89-19-6-5-10-51(71(121)93-50(12-8-24-104(132)39-109)72(122)98-66(43(2)112)77(127)99-65)97-79(130)82(3,18-9-25-105(133)40-110)100-74(124)55(38-108)95-70(120)49(11-7-20-90-80(84)85)94-73(123)54(37-107)96-75(125)56-17-21-88-69-53(32-45-33-59(113)60(114)35-57(45)106(56)69)91-63(117)14-13-61(115)86-22-23-87-62(116)15-16-64(118)134-41-135-81(131)103-28-26-102(27-29-103)58-34-52-44(31-48(58)83)30-46-67(119)47(78(128)129)36-101(4)68(46)92-52/h30-36,39-40,42-43,49-51,54-56,65-66,107-108,111-112,132-133H,5-29,37-38,41H2,1-4H3,(H19,84,85,86,87,88,89,90,91,93,94,95,96,97,98,99,100,113,114,115,116,117,120,121,122,123,124,125,126,127,128,129,130)/t42?,43?,49-,50-,51-,54+,55+,56-,65-,66-,82-/m0/s1. The zero-order valence-electron chi connectivity index (χ0n) is 74.0. The van der Waals surface area contributed by atoms with Crippen LogP contribution in [-0.4, -0.2) is 325 Å². The number of hydrogen-bond acceptors (Lipinski definition) is 33. The van der Waals surface area contributed by atoms with Gasteiger partial charge < -0.3 is 139 Å². The predicted molar refractivity (Wildman–Crippen MR) is 464 cm³/mol. The number of fused-ring (bicyclic) bond motifs is 5. The van der Waals surface area contributed by atoms with E-state index >= 15 is 4.39 Å². The van der Waals surface area contributed by atoms with E-state index < -0.39 is 248 Å². The number of halogens is 1. The second-order valence-corrected chi connectivity index (χ2v) is 32.3. The molecule has 8 rings (SSSR count). The number of rotatable bonds is 42. The van der Waals surface area contributed by atoms with Crippen molar-refractivity contribution in [1.82, 2.24) is 88.4 Å². The average molecular weight is 1900 g/mol. The number of pyridine rings is 3. The van der Waals surface area contributed by atoms with Crippen molar-refractivity contribution in [3.05, 3.63) is 64.2 Å². The van der Waals surface area contributed by atoms with Crippen LogP contribution in [0.1, 0.15) is 127 Å². The molecule has 2 aromatic carbocycles. The Morgan fingerprint density at radius 3 is 1.96 bits per heavy atom. The van der Waals surface area contributed by atoms with Gasteiger partial charge in [0, 0.05) is 121 Å². The Labute approximate surface area is 767 Å². The van der Waals surface area contributed by atoms with Crippen molar-refractivity contribution in [2.45, 2.75) is 177 Å². The maximum atomic E-state index is 15.5. The third-order valence-corrected chi connectivity index (χ3v) is 22.1. The number of nitrogens with one attached hydrogen (secondary N) is 15. The zero-order valence-corrected chi connectivity index (χ0v) is 74.0. The van der Waals surface area contributed by atoms with Crippen LogP contribution in [0.15, 0.2) is 47.4 Å². The number of carbonyl (C=O) groups is 17. The number of benzene rings is 2. The summed E-state index contributed by atoms with van der Waals surface area (Å²) in [5.41, 5.74) is 2.47. The number of carboxylic acid groups (broad SMARTS) is 1. The first-order valence-electron chi connectivity index (χ1n) is 43.0. The fraction of sp³-hybridized carbons (Fsp3) is 0.524. The van der Waals surface area contributed by atoms with Gasteiger partial charge in [0.15, 0.2) is 28.9 Å². The summed E-state index contributed by atoms with van der Waals surface area (Å²) in [5, 5.41) is 139. The minimum atomic E-state index is -2.26. The highest BCUT2D eigenvalue weighted by Gasteiger charge is 2.43. The molecule has 0 saturated carbocycles. The lowest BCUT2D eigenvalue weighted by Gasteiger charge is -2.35. The van der Waals surface area contributed by atoms with Gasteiger partial charge in [0.25, 0.3) is 11.7 Å². The van der Waals surface area contributed by atoms with Crippen LogP contribution in [0.5, 0.6) is 11.5 Å². The summed E-state index contributed by atoms with van der Waals surface area (Å²) in [6, 6.07) is -6.31. The topological polar surface area (TPSA) is 764 Å². The Bertz CT molecular complexity index is 5310. The van der Waals surface area contributed by atoms with Gasteiger partial charge in [0.05, 0.1) is 66.5 Å². The first-order valence-corrected chi connectivity index (χ1v) is 43.0. The second kappa shape index (κ2) is 49.8. The van der Waals surface area contributed by atoms with Crippen LogP contribution < -0.4 is 100 Å². The molecule has 3 aliphatic rings. The molecule has 0 aliphatic carbocycles. The van der Waals surface area contributed by atoms with E-state index in [0.717, 1.165) is 38.2 Å². The number of aromatic carboxylic acids is 1. The Morgan fingerprint density at radius 1 is 0.704 bits per heavy atom. The number of nitrogens with zero attached hydrogens (tertiary/aromatic N) is 7. The number of aromatic nitrogens is 3. The van der Waals surface area contributed by atoms with Gasteiger partial charge in [-0.25, -0.2) is 28.9 Å². The van der Waals surface area contributed by atoms with Gasteiger partial charge in [-0.3, -0.25) is 97.9 Å². The summed E-state index contributed by atoms with van der Waals surface area (Å²) in [5.74, 6) is -17.2. The molecule has 3 aliphatic heterocycles. The molecule has 736 valence electrons.